The quantitative estimate of drug-likeness (QED) is 0.371. The Morgan fingerprint density at radius 1 is 1.22 bits per heavy atom. The maximum absolute atomic E-state index is 13.0. The summed E-state index contributed by atoms with van der Waals surface area (Å²) in [7, 11) is 1.60. The van der Waals surface area contributed by atoms with Crippen LogP contribution in [-0.4, -0.2) is 46.3 Å². The van der Waals surface area contributed by atoms with Crippen LogP contribution in [0.4, 0.5) is 5.82 Å². The topological polar surface area (TPSA) is 99.2 Å². The third-order valence-corrected chi connectivity index (χ3v) is 10.1. The molecule has 1 saturated heterocycles. The number of rotatable bonds is 6. The van der Waals surface area contributed by atoms with Gasteiger partial charge in [-0.2, -0.15) is 0 Å². The zero-order valence-electron chi connectivity index (χ0n) is 20.4. The number of thiophene rings is 1. The van der Waals surface area contributed by atoms with Crippen molar-refractivity contribution in [3.05, 3.63) is 68.1 Å². The molecule has 4 heterocycles. The first-order chi connectivity index (χ1) is 18.0. The summed E-state index contributed by atoms with van der Waals surface area (Å²) in [5, 5.41) is 3.64. The average Bonchev–Trinajstić information content (AvgIpc) is 3.47. The standard InChI is InChI=1S/C26H27ClN6O2S2/c1-35-10-9-33-15-31-17-2-3-18(22(27)21(17)25(33)34)37-20-14-29-19(13-30-20)32-7-5-26(6-8-32)12-16-4-11-36-23(16)24(26)28/h2-4,11,13-15,24H,5-10,12,28H2,1H3/t24-/m0/s1. The second kappa shape index (κ2) is 9.99. The van der Waals surface area contributed by atoms with Crippen molar-refractivity contribution < 1.29 is 4.74 Å². The summed E-state index contributed by atoms with van der Waals surface area (Å²) >= 11 is 9.86. The minimum Gasteiger partial charge on any atom is -0.383 e. The average molecular weight is 555 g/mol. The molecule has 0 saturated carbocycles. The lowest BCUT2D eigenvalue weighted by atomic mass is 9.73. The molecule has 192 valence electrons. The number of aromatic nitrogens is 4. The monoisotopic (exact) mass is 554 g/mol. The predicted octanol–water partition coefficient (Wildman–Crippen LogP) is 4.54. The molecule has 0 bridgehead atoms. The second-order valence-corrected chi connectivity index (χ2v) is 12.0. The van der Waals surface area contributed by atoms with E-state index in [4.69, 9.17) is 27.1 Å². The summed E-state index contributed by atoms with van der Waals surface area (Å²) in [5.74, 6) is 0.871. The van der Waals surface area contributed by atoms with Gasteiger partial charge in [-0.05, 0) is 53.8 Å². The number of ether oxygens (including phenoxy) is 1. The molecule has 37 heavy (non-hydrogen) atoms. The number of nitrogens with two attached hydrogens (primary N) is 1. The Bertz CT molecular complexity index is 1500. The molecule has 0 unspecified atom stereocenters. The fourth-order valence-electron chi connectivity index (χ4n) is 5.45. The van der Waals surface area contributed by atoms with E-state index in [1.807, 2.05) is 18.3 Å². The Morgan fingerprint density at radius 2 is 2.05 bits per heavy atom. The van der Waals surface area contributed by atoms with E-state index in [0.717, 1.165) is 43.1 Å². The lowest BCUT2D eigenvalue weighted by Crippen LogP contribution is -2.44. The summed E-state index contributed by atoms with van der Waals surface area (Å²) in [4.78, 5) is 31.1. The molecule has 2 N–H and O–H groups in total. The molecule has 0 radical (unpaired) electrons. The van der Waals surface area contributed by atoms with Gasteiger partial charge in [-0.3, -0.25) is 9.36 Å². The van der Waals surface area contributed by atoms with Crippen LogP contribution < -0.4 is 16.2 Å². The van der Waals surface area contributed by atoms with Gasteiger partial charge in [-0.25, -0.2) is 15.0 Å². The van der Waals surface area contributed by atoms with Gasteiger partial charge >= 0.3 is 0 Å². The summed E-state index contributed by atoms with van der Waals surface area (Å²) in [6.45, 7) is 2.67. The van der Waals surface area contributed by atoms with Crippen molar-refractivity contribution in [2.24, 2.45) is 11.1 Å². The third-order valence-electron chi connectivity index (χ3n) is 7.61. The molecular formula is C26H27ClN6O2S2. The van der Waals surface area contributed by atoms with Gasteiger partial charge in [-0.1, -0.05) is 23.4 Å². The van der Waals surface area contributed by atoms with Crippen LogP contribution >= 0.6 is 34.7 Å². The molecule has 3 aromatic heterocycles. The zero-order chi connectivity index (χ0) is 25.6. The summed E-state index contributed by atoms with van der Waals surface area (Å²) < 4.78 is 6.60. The van der Waals surface area contributed by atoms with E-state index >= 15 is 0 Å². The predicted molar refractivity (Wildman–Crippen MR) is 148 cm³/mol. The number of hydrogen-bond acceptors (Lipinski definition) is 9. The van der Waals surface area contributed by atoms with Gasteiger partial charge in [0.1, 0.15) is 10.8 Å². The SMILES string of the molecule is COCCn1cnc2ccc(Sc3cnc(N4CCC5(CC4)Cc4ccsc4[C@@H]5N)cn3)c(Cl)c2c1=O. The first kappa shape index (κ1) is 24.8. The van der Waals surface area contributed by atoms with Crippen molar-refractivity contribution in [2.75, 3.05) is 31.7 Å². The molecule has 1 aromatic carbocycles. The fourth-order valence-corrected chi connectivity index (χ4v) is 7.64. The van der Waals surface area contributed by atoms with Gasteiger partial charge in [0.05, 0.1) is 47.8 Å². The van der Waals surface area contributed by atoms with Crippen LogP contribution in [0.15, 0.2) is 57.0 Å². The normalized spacial score (nSPS) is 18.6. The maximum atomic E-state index is 13.0. The van der Waals surface area contributed by atoms with Crippen molar-refractivity contribution in [1.29, 1.82) is 0 Å². The van der Waals surface area contributed by atoms with E-state index in [1.165, 1.54) is 33.1 Å². The van der Waals surface area contributed by atoms with Crippen LogP contribution in [0.5, 0.6) is 0 Å². The molecule has 1 atom stereocenters. The molecule has 1 aliphatic heterocycles. The molecule has 1 aliphatic carbocycles. The molecular weight excluding hydrogens is 528 g/mol. The maximum Gasteiger partial charge on any atom is 0.262 e. The Morgan fingerprint density at radius 3 is 2.78 bits per heavy atom. The molecule has 1 spiro atoms. The number of anilines is 1. The van der Waals surface area contributed by atoms with Gasteiger partial charge < -0.3 is 15.4 Å². The van der Waals surface area contributed by atoms with Crippen molar-refractivity contribution >= 4 is 51.4 Å². The van der Waals surface area contributed by atoms with Crippen LogP contribution in [0.25, 0.3) is 10.9 Å². The van der Waals surface area contributed by atoms with E-state index in [0.29, 0.717) is 34.1 Å². The molecule has 6 rings (SSSR count). The highest BCUT2D eigenvalue weighted by atomic mass is 35.5. The third kappa shape index (κ3) is 4.44. The smallest absolute Gasteiger partial charge is 0.262 e. The van der Waals surface area contributed by atoms with Crippen LogP contribution in [0.2, 0.25) is 5.02 Å². The largest absolute Gasteiger partial charge is 0.383 e. The highest BCUT2D eigenvalue weighted by Crippen LogP contribution is 2.52. The molecule has 11 heteroatoms. The van der Waals surface area contributed by atoms with Crippen molar-refractivity contribution in [3.8, 4) is 0 Å². The van der Waals surface area contributed by atoms with Crippen LogP contribution in [0.3, 0.4) is 0 Å². The zero-order valence-corrected chi connectivity index (χ0v) is 22.8. The van der Waals surface area contributed by atoms with Crippen LogP contribution in [0.1, 0.15) is 29.3 Å². The van der Waals surface area contributed by atoms with Crippen molar-refractivity contribution in [3.63, 3.8) is 0 Å². The summed E-state index contributed by atoms with van der Waals surface area (Å²) in [5.41, 5.74) is 8.67. The van der Waals surface area contributed by atoms with E-state index in [2.05, 4.69) is 26.3 Å². The Kier molecular flexibility index (Phi) is 6.70. The Hall–Kier alpha value is -2.50. The molecule has 4 aromatic rings. The number of benzene rings is 1. The van der Waals surface area contributed by atoms with Gasteiger partial charge in [-0.15, -0.1) is 11.3 Å². The van der Waals surface area contributed by atoms with Crippen LogP contribution in [0, 0.1) is 5.41 Å². The van der Waals surface area contributed by atoms with Gasteiger partial charge in [0.2, 0.25) is 0 Å². The number of nitrogens with zero attached hydrogens (tertiary/aromatic N) is 5. The molecule has 2 aliphatic rings. The lowest BCUT2D eigenvalue weighted by molar-refractivity contribution is 0.186. The van der Waals surface area contributed by atoms with Gasteiger partial charge in [0.15, 0.2) is 0 Å². The first-order valence-electron chi connectivity index (χ1n) is 12.2. The number of hydrogen-bond donors (Lipinski definition) is 1. The van der Waals surface area contributed by atoms with E-state index in [-0.39, 0.29) is 17.0 Å². The second-order valence-electron chi connectivity index (χ2n) is 9.64. The van der Waals surface area contributed by atoms with Gasteiger partial charge in [0, 0.05) is 36.0 Å². The Balaban J connectivity index is 1.16. The highest BCUT2D eigenvalue weighted by Gasteiger charge is 2.46. The summed E-state index contributed by atoms with van der Waals surface area (Å²) in [6, 6.07) is 6.05. The molecule has 0 amide bonds. The first-order valence-corrected chi connectivity index (χ1v) is 14.3. The molecule has 1 fully saturated rings. The fraction of sp³-hybridized carbons (Fsp3) is 0.385. The number of piperidine rings is 1. The number of fused-ring (bicyclic) bond motifs is 2. The van der Waals surface area contributed by atoms with Crippen molar-refractivity contribution in [1.82, 2.24) is 19.5 Å². The minimum absolute atomic E-state index is 0.139. The highest BCUT2D eigenvalue weighted by molar-refractivity contribution is 7.99. The lowest BCUT2D eigenvalue weighted by Gasteiger charge is -2.42. The van der Waals surface area contributed by atoms with E-state index in [9.17, 15) is 4.79 Å². The number of halogens is 1. The number of methoxy groups -OCH3 is 1. The Labute approximate surface area is 227 Å². The van der Waals surface area contributed by atoms with Crippen molar-refractivity contribution in [2.45, 2.75) is 41.8 Å². The van der Waals surface area contributed by atoms with Gasteiger partial charge in [0.25, 0.3) is 5.56 Å². The summed E-state index contributed by atoms with van der Waals surface area (Å²) in [6.07, 6.45) is 8.30. The van der Waals surface area contributed by atoms with Crippen LogP contribution in [-0.2, 0) is 17.7 Å². The minimum atomic E-state index is -0.184. The van der Waals surface area contributed by atoms with E-state index in [1.54, 1.807) is 24.6 Å². The van der Waals surface area contributed by atoms with E-state index < -0.39 is 0 Å². The molecule has 8 nitrogen and oxygen atoms in total.